The van der Waals surface area contributed by atoms with Gasteiger partial charge in [0.15, 0.2) is 0 Å². The molecule has 5 fully saturated rings. The van der Waals surface area contributed by atoms with Crippen molar-refractivity contribution in [3.8, 4) is 0 Å². The average molecular weight is 471 g/mol. The number of hydrogen-bond acceptors (Lipinski definition) is 2. The predicted octanol–water partition coefficient (Wildman–Crippen LogP) is 8.82. The number of fused-ring (bicyclic) bond motifs is 7. The topological polar surface area (TPSA) is 26.3 Å². The summed E-state index contributed by atoms with van der Waals surface area (Å²) in [5.41, 5.74) is 2.70. The molecule has 0 bridgehead atoms. The van der Waals surface area contributed by atoms with E-state index >= 15 is 0 Å². The van der Waals surface area contributed by atoms with Gasteiger partial charge in [0.1, 0.15) is 6.10 Å². The second-order valence-corrected chi connectivity index (χ2v) is 16.1. The molecule has 0 amide bonds. The molecule has 194 valence electrons. The molecule has 5 aliphatic rings. The van der Waals surface area contributed by atoms with E-state index in [9.17, 15) is 4.79 Å². The molecule has 34 heavy (non-hydrogen) atoms. The van der Waals surface area contributed by atoms with Gasteiger partial charge in [-0.1, -0.05) is 55.4 Å². The lowest BCUT2D eigenvalue weighted by molar-refractivity contribution is -0.263. The van der Waals surface area contributed by atoms with E-state index in [-0.39, 0.29) is 12.1 Å². The monoisotopic (exact) mass is 470 g/mol. The molecule has 0 aromatic rings. The SMILES string of the molecule is CC(=O)O[C@@H]1CC[C@@H]2[C@](C)(CC[C@H]3[C@@]2(C)CC[C@@]2(C)[C@@H]4CC(C)(C)CC[C@]4(C)CC[C@]32C)[C@H]1C. The number of hydrogen-bond donors (Lipinski definition) is 0. The lowest BCUT2D eigenvalue weighted by atomic mass is 9.30. The Bertz CT molecular complexity index is 846. The molecular formula is C32H54O2. The zero-order valence-electron chi connectivity index (χ0n) is 24.0. The molecule has 5 rings (SSSR count). The van der Waals surface area contributed by atoms with Crippen molar-refractivity contribution < 1.29 is 9.53 Å². The Balaban J connectivity index is 1.49. The Morgan fingerprint density at radius 1 is 0.676 bits per heavy atom. The van der Waals surface area contributed by atoms with Crippen molar-refractivity contribution in [1.82, 2.24) is 0 Å². The Hall–Kier alpha value is -0.530. The molecule has 5 aliphatic carbocycles. The normalized spacial score (nSPS) is 56.3. The Kier molecular flexibility index (Phi) is 5.55. The lowest BCUT2D eigenvalue weighted by Crippen LogP contribution is -2.68. The lowest BCUT2D eigenvalue weighted by Gasteiger charge is -2.75. The fraction of sp³-hybridized carbons (Fsp3) is 0.969. The molecule has 0 saturated heterocycles. The van der Waals surface area contributed by atoms with E-state index in [1.165, 1.54) is 64.2 Å². The van der Waals surface area contributed by atoms with Gasteiger partial charge in [-0.25, -0.2) is 0 Å². The van der Waals surface area contributed by atoms with Gasteiger partial charge in [0, 0.05) is 6.92 Å². The van der Waals surface area contributed by atoms with Gasteiger partial charge < -0.3 is 4.74 Å². The standard InChI is InChI=1S/C32H54O2/c1-21-23(34-22(2)33)10-11-24-29(21,6)13-12-25-30(24,7)17-19-32(9)26-20-27(3,4)14-15-28(26,5)16-18-31(25,32)8/h21,23-26H,10-20H2,1-9H3/t21-,23+,24+,25-,26+,28+,29+,30-,31+,32-/m0/s1. The second kappa shape index (κ2) is 7.50. The predicted molar refractivity (Wildman–Crippen MR) is 140 cm³/mol. The van der Waals surface area contributed by atoms with Gasteiger partial charge >= 0.3 is 5.97 Å². The molecule has 2 nitrogen and oxygen atoms in total. The number of rotatable bonds is 1. The van der Waals surface area contributed by atoms with E-state index in [1.54, 1.807) is 6.92 Å². The molecular weight excluding hydrogens is 416 g/mol. The van der Waals surface area contributed by atoms with Gasteiger partial charge in [-0.05, 0) is 127 Å². The van der Waals surface area contributed by atoms with Crippen LogP contribution in [0.25, 0.3) is 0 Å². The van der Waals surface area contributed by atoms with Crippen LogP contribution in [0.15, 0.2) is 0 Å². The fourth-order valence-corrected chi connectivity index (χ4v) is 11.7. The minimum absolute atomic E-state index is 0.0968. The van der Waals surface area contributed by atoms with Crippen LogP contribution in [0.2, 0.25) is 0 Å². The van der Waals surface area contributed by atoms with Gasteiger partial charge in [0.25, 0.3) is 0 Å². The summed E-state index contributed by atoms with van der Waals surface area (Å²) in [6.45, 7) is 22.5. The maximum Gasteiger partial charge on any atom is 0.302 e. The quantitative estimate of drug-likeness (QED) is 0.358. The zero-order chi connectivity index (χ0) is 24.9. The molecule has 0 unspecified atom stereocenters. The summed E-state index contributed by atoms with van der Waals surface area (Å²) in [4.78, 5) is 11.8. The molecule has 0 spiro atoms. The van der Waals surface area contributed by atoms with Gasteiger partial charge in [0.05, 0.1) is 0 Å². The molecule has 0 aromatic carbocycles. The number of esters is 1. The Labute approximate surface area is 210 Å². The van der Waals surface area contributed by atoms with Crippen molar-refractivity contribution in [2.45, 2.75) is 139 Å². The molecule has 0 aliphatic heterocycles. The first kappa shape index (κ1) is 25.1. The van der Waals surface area contributed by atoms with Crippen molar-refractivity contribution in [2.24, 2.45) is 56.2 Å². The van der Waals surface area contributed by atoms with E-state index in [0.29, 0.717) is 38.4 Å². The highest BCUT2D eigenvalue weighted by molar-refractivity contribution is 5.66. The second-order valence-electron chi connectivity index (χ2n) is 16.1. The maximum atomic E-state index is 11.8. The van der Waals surface area contributed by atoms with Crippen LogP contribution in [0, 0.1) is 56.2 Å². The van der Waals surface area contributed by atoms with Crippen molar-refractivity contribution in [2.75, 3.05) is 0 Å². The van der Waals surface area contributed by atoms with Crippen molar-refractivity contribution >= 4 is 5.97 Å². The van der Waals surface area contributed by atoms with Gasteiger partial charge in [-0.2, -0.15) is 0 Å². The zero-order valence-corrected chi connectivity index (χ0v) is 24.0. The third-order valence-electron chi connectivity index (χ3n) is 14.2. The number of ether oxygens (including phenoxy) is 1. The van der Waals surface area contributed by atoms with E-state index in [1.807, 2.05) is 0 Å². The summed E-state index contributed by atoms with van der Waals surface area (Å²) in [5, 5.41) is 0. The third kappa shape index (κ3) is 3.21. The van der Waals surface area contributed by atoms with E-state index in [2.05, 4.69) is 55.4 Å². The molecule has 0 aromatic heterocycles. The van der Waals surface area contributed by atoms with Crippen LogP contribution in [0.4, 0.5) is 0 Å². The van der Waals surface area contributed by atoms with E-state index in [0.717, 1.165) is 24.2 Å². The maximum absolute atomic E-state index is 11.8. The van der Waals surface area contributed by atoms with E-state index in [4.69, 9.17) is 4.74 Å². The van der Waals surface area contributed by atoms with Crippen LogP contribution in [-0.4, -0.2) is 12.1 Å². The highest BCUT2D eigenvalue weighted by Crippen LogP contribution is 2.78. The third-order valence-corrected chi connectivity index (χ3v) is 14.2. The van der Waals surface area contributed by atoms with Gasteiger partial charge in [-0.3, -0.25) is 4.79 Å². The molecule has 2 heteroatoms. The summed E-state index contributed by atoms with van der Waals surface area (Å²) in [6, 6.07) is 0. The summed E-state index contributed by atoms with van der Waals surface area (Å²) >= 11 is 0. The highest BCUT2D eigenvalue weighted by Gasteiger charge is 2.70. The number of carbonyl (C=O) groups excluding carboxylic acids is 1. The highest BCUT2D eigenvalue weighted by atomic mass is 16.5. The van der Waals surface area contributed by atoms with Crippen LogP contribution in [0.1, 0.15) is 133 Å². The number of carbonyl (C=O) groups is 1. The minimum Gasteiger partial charge on any atom is -0.462 e. The van der Waals surface area contributed by atoms with Crippen LogP contribution < -0.4 is 0 Å². The Morgan fingerprint density at radius 3 is 1.97 bits per heavy atom. The first-order valence-corrected chi connectivity index (χ1v) is 14.8. The van der Waals surface area contributed by atoms with Gasteiger partial charge in [0.2, 0.25) is 0 Å². The Morgan fingerprint density at radius 2 is 1.29 bits per heavy atom. The van der Waals surface area contributed by atoms with E-state index < -0.39 is 0 Å². The average Bonchev–Trinajstić information content (AvgIpc) is 2.74. The molecule has 0 heterocycles. The molecule has 5 saturated carbocycles. The van der Waals surface area contributed by atoms with Gasteiger partial charge in [-0.15, -0.1) is 0 Å². The molecule has 0 N–H and O–H groups in total. The summed E-state index contributed by atoms with van der Waals surface area (Å²) < 4.78 is 5.86. The van der Waals surface area contributed by atoms with Crippen LogP contribution in [-0.2, 0) is 9.53 Å². The summed E-state index contributed by atoms with van der Waals surface area (Å²) in [7, 11) is 0. The molecule has 0 radical (unpaired) electrons. The summed E-state index contributed by atoms with van der Waals surface area (Å²) in [5.74, 6) is 2.84. The van der Waals surface area contributed by atoms with Crippen molar-refractivity contribution in [1.29, 1.82) is 0 Å². The fourth-order valence-electron chi connectivity index (χ4n) is 11.7. The largest absolute Gasteiger partial charge is 0.462 e. The first-order valence-electron chi connectivity index (χ1n) is 14.8. The molecule has 10 atom stereocenters. The smallest absolute Gasteiger partial charge is 0.302 e. The van der Waals surface area contributed by atoms with Crippen molar-refractivity contribution in [3.63, 3.8) is 0 Å². The van der Waals surface area contributed by atoms with Crippen LogP contribution >= 0.6 is 0 Å². The summed E-state index contributed by atoms with van der Waals surface area (Å²) in [6.07, 6.45) is 15.1. The first-order chi connectivity index (χ1) is 15.6. The van der Waals surface area contributed by atoms with Crippen LogP contribution in [0.3, 0.4) is 0 Å². The minimum atomic E-state index is -0.0968. The van der Waals surface area contributed by atoms with Crippen molar-refractivity contribution in [3.05, 3.63) is 0 Å². The van der Waals surface area contributed by atoms with Crippen LogP contribution in [0.5, 0.6) is 0 Å².